The molecular weight excluding hydrogens is 476 g/mol. The first-order valence-electron chi connectivity index (χ1n) is 9.05. The minimum atomic E-state index is -0.938. The first-order valence-corrected chi connectivity index (χ1v) is 9.05. The van der Waals surface area contributed by atoms with Crippen LogP contribution in [0.3, 0.4) is 0 Å². The van der Waals surface area contributed by atoms with Gasteiger partial charge in [0, 0.05) is 26.7 Å². The first-order chi connectivity index (χ1) is 14.5. The Kier molecular flexibility index (Phi) is 6.81. The third-order valence-corrected chi connectivity index (χ3v) is 4.69. The van der Waals surface area contributed by atoms with E-state index in [1.54, 1.807) is 13.8 Å². The van der Waals surface area contributed by atoms with Gasteiger partial charge in [0.05, 0.1) is 16.2 Å². The van der Waals surface area contributed by atoms with Crippen LogP contribution in [-0.2, 0) is 31.2 Å². The Labute approximate surface area is 190 Å². The zero-order chi connectivity index (χ0) is 23.2. The third-order valence-electron chi connectivity index (χ3n) is 4.69. The summed E-state index contributed by atoms with van der Waals surface area (Å²) < 4.78 is 1.47. The number of azo groups is 1. The van der Waals surface area contributed by atoms with Gasteiger partial charge in [-0.3, -0.25) is 38.5 Å². The van der Waals surface area contributed by atoms with Gasteiger partial charge in [-0.05, 0) is 12.0 Å². The molecule has 1 radical (unpaired) electrons. The molecule has 1 aliphatic rings. The molecule has 1 aromatic carbocycles. The number of nitrogens with zero attached hydrogens (tertiary/aromatic N) is 6. The number of imide groups is 1. The molecular formula is C18H18CuN6O7+2. The summed E-state index contributed by atoms with van der Waals surface area (Å²) in [7, 11) is 2.39. The molecule has 0 aliphatic carbocycles. The molecule has 171 valence electrons. The Balaban J connectivity index is 0.00000363. The van der Waals surface area contributed by atoms with Crippen LogP contribution < -0.4 is 11.2 Å². The van der Waals surface area contributed by atoms with Crippen LogP contribution in [0.1, 0.15) is 34.6 Å². The van der Waals surface area contributed by atoms with Crippen LogP contribution in [0.2, 0.25) is 0 Å². The molecule has 2 aromatic rings. The van der Waals surface area contributed by atoms with Gasteiger partial charge in [0.2, 0.25) is 11.6 Å². The summed E-state index contributed by atoms with van der Waals surface area (Å²) in [5, 5.41) is 28.9. The number of carbonyl (C=O) groups is 2. The molecule has 0 unspecified atom stereocenters. The first kappa shape index (κ1) is 24.6. The predicted molar refractivity (Wildman–Crippen MR) is 106 cm³/mol. The maximum Gasteiger partial charge on any atom is 2.00 e. The number of carbonyl (C=O) groups excluding carboxylic acids is 2. The molecule has 0 bridgehead atoms. The van der Waals surface area contributed by atoms with Gasteiger partial charge in [0.15, 0.2) is 0 Å². The van der Waals surface area contributed by atoms with Crippen molar-refractivity contribution in [3.05, 3.63) is 54.2 Å². The number of fused-ring (bicyclic) bond motifs is 1. The molecule has 14 heteroatoms. The monoisotopic (exact) mass is 493 g/mol. The van der Waals surface area contributed by atoms with Crippen molar-refractivity contribution in [2.24, 2.45) is 30.2 Å². The van der Waals surface area contributed by atoms with E-state index in [2.05, 4.69) is 10.2 Å². The number of nitro groups is 1. The maximum absolute atomic E-state index is 12.9. The van der Waals surface area contributed by atoms with Gasteiger partial charge >= 0.3 is 22.8 Å². The Morgan fingerprint density at radius 2 is 1.62 bits per heavy atom. The van der Waals surface area contributed by atoms with Crippen molar-refractivity contribution >= 4 is 28.9 Å². The van der Waals surface area contributed by atoms with Crippen molar-refractivity contribution in [1.82, 2.24) is 14.0 Å². The summed E-state index contributed by atoms with van der Waals surface area (Å²) in [4.78, 5) is 61.2. The van der Waals surface area contributed by atoms with E-state index in [0.29, 0.717) is 4.57 Å². The summed E-state index contributed by atoms with van der Waals surface area (Å²) in [5.41, 5.74) is -3.78. The largest absolute Gasteiger partial charge is 2.00 e. The van der Waals surface area contributed by atoms with Crippen LogP contribution in [0, 0.1) is 16.0 Å². The van der Waals surface area contributed by atoms with Crippen molar-refractivity contribution in [2.45, 2.75) is 13.8 Å². The molecule has 1 aromatic heterocycles. The van der Waals surface area contributed by atoms with Gasteiger partial charge < -0.3 is 5.11 Å². The molecule has 13 nitrogen and oxygen atoms in total. The van der Waals surface area contributed by atoms with Gasteiger partial charge in [-0.1, -0.05) is 13.8 Å². The normalized spacial score (nSPS) is 13.1. The smallest absolute Gasteiger partial charge is 0.493 e. The second kappa shape index (κ2) is 8.85. The molecule has 3 rings (SSSR count). The van der Waals surface area contributed by atoms with E-state index in [0.717, 1.165) is 21.6 Å². The summed E-state index contributed by atoms with van der Waals surface area (Å²) in [6, 6.07) is 2.13. The van der Waals surface area contributed by atoms with Gasteiger partial charge in [0.25, 0.3) is 23.1 Å². The van der Waals surface area contributed by atoms with Crippen molar-refractivity contribution in [3.8, 4) is 5.88 Å². The summed E-state index contributed by atoms with van der Waals surface area (Å²) in [6.45, 7) is 3.59. The number of aromatic nitrogens is 2. The Bertz CT molecular complexity index is 1290. The number of hydrogen-bond donors (Lipinski definition) is 1. The van der Waals surface area contributed by atoms with Crippen molar-refractivity contribution in [3.63, 3.8) is 0 Å². The molecule has 2 amide bonds. The van der Waals surface area contributed by atoms with E-state index in [9.17, 15) is 34.4 Å². The Hall–Kier alpha value is -3.64. The predicted octanol–water partition coefficient (Wildman–Crippen LogP) is 1.36. The number of nitro benzene ring substituents is 1. The minimum absolute atomic E-state index is 0. The van der Waals surface area contributed by atoms with Crippen molar-refractivity contribution in [1.29, 1.82) is 0 Å². The molecule has 2 heterocycles. The van der Waals surface area contributed by atoms with Gasteiger partial charge in [-0.15, -0.1) is 10.2 Å². The average Bonchev–Trinajstić information content (AvgIpc) is 2.95. The standard InChI is InChI=1S/C18H18N6O7.Cu/c1-8(2)7-23-14(25)11-9(5-6-10(24(30)31)12(11)15(23)26)19-20-13-16(27)21(3)18(29)22(4)17(13)28;/h5-6,8,27H,7H2,1-4H3;/q;+2. The average molecular weight is 494 g/mol. The molecule has 0 fully saturated rings. The molecule has 0 saturated heterocycles. The molecule has 1 N–H and O–H groups in total. The zero-order valence-electron chi connectivity index (χ0n) is 17.3. The molecule has 0 saturated carbocycles. The van der Waals surface area contributed by atoms with E-state index in [4.69, 9.17) is 0 Å². The van der Waals surface area contributed by atoms with Gasteiger partial charge in [-0.2, -0.15) is 0 Å². The van der Waals surface area contributed by atoms with E-state index in [-0.39, 0.29) is 40.8 Å². The molecule has 32 heavy (non-hydrogen) atoms. The zero-order valence-corrected chi connectivity index (χ0v) is 18.3. The maximum atomic E-state index is 12.9. The molecule has 0 atom stereocenters. The summed E-state index contributed by atoms with van der Waals surface area (Å²) >= 11 is 0. The molecule has 0 spiro atoms. The van der Waals surface area contributed by atoms with Crippen LogP contribution in [0.5, 0.6) is 5.88 Å². The van der Waals surface area contributed by atoms with Gasteiger partial charge in [-0.25, -0.2) is 4.79 Å². The van der Waals surface area contributed by atoms with Crippen LogP contribution in [0.4, 0.5) is 17.1 Å². The van der Waals surface area contributed by atoms with Crippen LogP contribution in [0.15, 0.2) is 32.0 Å². The second-order valence-corrected chi connectivity index (χ2v) is 7.30. The number of hydrogen-bond acceptors (Lipinski definition) is 9. The minimum Gasteiger partial charge on any atom is -0.493 e. The third kappa shape index (κ3) is 3.85. The molecule has 1 aliphatic heterocycles. The Morgan fingerprint density at radius 1 is 1.03 bits per heavy atom. The SMILES string of the molecule is CC(C)CN1C(=O)c2c(N=Nc3c(O)n(C)c(=O)n(C)c3=O)ccc([N+](=O)[O-])c2C1=O.[Cu+2]. The number of rotatable bonds is 5. The number of amides is 2. The van der Waals surface area contributed by atoms with Crippen molar-refractivity contribution in [2.75, 3.05) is 6.54 Å². The summed E-state index contributed by atoms with van der Waals surface area (Å²) in [5.74, 6) is -2.43. The Morgan fingerprint density at radius 3 is 2.19 bits per heavy atom. The van der Waals surface area contributed by atoms with Gasteiger partial charge in [0.1, 0.15) is 5.56 Å². The number of aromatic hydroxyl groups is 1. The van der Waals surface area contributed by atoms with Crippen LogP contribution in [-0.4, -0.2) is 42.4 Å². The fraction of sp³-hybridized carbons (Fsp3) is 0.333. The quantitative estimate of drug-likeness (QED) is 0.215. The van der Waals surface area contributed by atoms with E-state index >= 15 is 0 Å². The fourth-order valence-electron chi connectivity index (χ4n) is 3.15. The van der Waals surface area contributed by atoms with Crippen LogP contribution >= 0.6 is 0 Å². The van der Waals surface area contributed by atoms with Crippen molar-refractivity contribution < 1.29 is 36.7 Å². The van der Waals surface area contributed by atoms with E-state index < -0.39 is 50.8 Å². The van der Waals surface area contributed by atoms with E-state index in [1.165, 1.54) is 14.1 Å². The summed E-state index contributed by atoms with van der Waals surface area (Å²) in [6.07, 6.45) is 0. The van der Waals surface area contributed by atoms with E-state index in [1.807, 2.05) is 0 Å². The number of benzene rings is 1. The van der Waals surface area contributed by atoms with Crippen LogP contribution in [0.25, 0.3) is 0 Å². The topological polar surface area (TPSA) is 169 Å². The second-order valence-electron chi connectivity index (χ2n) is 7.30. The fourth-order valence-corrected chi connectivity index (χ4v) is 3.15.